The predicted molar refractivity (Wildman–Crippen MR) is 68.0 cm³/mol. The molecule has 0 aliphatic rings. The van der Waals surface area contributed by atoms with Crippen LogP contribution in [0.1, 0.15) is 24.3 Å². The zero-order valence-corrected chi connectivity index (χ0v) is 10.9. The van der Waals surface area contributed by atoms with Crippen molar-refractivity contribution in [3.63, 3.8) is 0 Å². The van der Waals surface area contributed by atoms with E-state index in [0.29, 0.717) is 24.5 Å². The van der Waals surface area contributed by atoms with E-state index in [1.807, 2.05) is 13.8 Å². The lowest BCUT2D eigenvalue weighted by Gasteiger charge is -2.17. The lowest BCUT2D eigenvalue weighted by molar-refractivity contribution is -0.121. The van der Waals surface area contributed by atoms with Crippen molar-refractivity contribution in [3.8, 4) is 0 Å². The van der Waals surface area contributed by atoms with Gasteiger partial charge >= 0.3 is 0 Å². The van der Waals surface area contributed by atoms with Gasteiger partial charge in [-0.05, 0) is 13.8 Å². The van der Waals surface area contributed by atoms with Crippen LogP contribution in [-0.4, -0.2) is 46.6 Å². The number of nitrogens with zero attached hydrogens (tertiary/aromatic N) is 3. The molecule has 2 amide bonds. The first-order valence-electron chi connectivity index (χ1n) is 5.84. The van der Waals surface area contributed by atoms with E-state index in [9.17, 15) is 9.59 Å². The van der Waals surface area contributed by atoms with Crippen molar-refractivity contribution in [2.45, 2.75) is 20.4 Å². The summed E-state index contributed by atoms with van der Waals surface area (Å²) in [5.74, 6) is -0.507. The highest BCUT2D eigenvalue weighted by Crippen LogP contribution is 2.12. The van der Waals surface area contributed by atoms with Gasteiger partial charge in [0.1, 0.15) is 5.69 Å². The molecule has 0 fully saturated rings. The van der Waals surface area contributed by atoms with Gasteiger partial charge < -0.3 is 16.0 Å². The molecule has 3 N–H and O–H groups in total. The van der Waals surface area contributed by atoms with Crippen LogP contribution in [-0.2, 0) is 11.3 Å². The van der Waals surface area contributed by atoms with Crippen molar-refractivity contribution >= 4 is 17.5 Å². The number of nitrogens with one attached hydrogen (secondary N) is 1. The Morgan fingerprint density at radius 2 is 2.17 bits per heavy atom. The Kier molecular flexibility index (Phi) is 4.70. The van der Waals surface area contributed by atoms with Crippen LogP contribution in [0.4, 0.5) is 5.69 Å². The zero-order chi connectivity index (χ0) is 13.7. The van der Waals surface area contributed by atoms with Crippen molar-refractivity contribution in [2.24, 2.45) is 0 Å². The summed E-state index contributed by atoms with van der Waals surface area (Å²) in [6, 6.07) is 0. The fourth-order valence-corrected chi connectivity index (χ4v) is 1.59. The quantitative estimate of drug-likeness (QED) is 0.753. The number of rotatable bonds is 5. The number of hydrogen-bond donors (Lipinski definition) is 2. The second-order valence-electron chi connectivity index (χ2n) is 3.88. The van der Waals surface area contributed by atoms with Gasteiger partial charge in [0.15, 0.2) is 0 Å². The van der Waals surface area contributed by atoms with E-state index >= 15 is 0 Å². The molecule has 0 saturated carbocycles. The van der Waals surface area contributed by atoms with Gasteiger partial charge in [0.05, 0.1) is 18.4 Å². The lowest BCUT2D eigenvalue weighted by atomic mass is 10.3. The highest BCUT2D eigenvalue weighted by atomic mass is 16.2. The maximum Gasteiger partial charge on any atom is 0.274 e. The van der Waals surface area contributed by atoms with E-state index in [1.54, 1.807) is 7.05 Å². The highest BCUT2D eigenvalue weighted by molar-refractivity contribution is 5.98. The minimum absolute atomic E-state index is 0.001000. The van der Waals surface area contributed by atoms with E-state index in [0.717, 1.165) is 0 Å². The maximum absolute atomic E-state index is 12.2. The Morgan fingerprint density at radius 3 is 2.72 bits per heavy atom. The third kappa shape index (κ3) is 2.99. The Bertz CT molecular complexity index is 441. The van der Waals surface area contributed by atoms with Crippen LogP contribution in [0.15, 0.2) is 6.20 Å². The lowest BCUT2D eigenvalue weighted by Crippen LogP contribution is -2.39. The zero-order valence-electron chi connectivity index (χ0n) is 10.9. The molecule has 0 atom stereocenters. The largest absolute Gasteiger partial charge is 0.396 e. The van der Waals surface area contributed by atoms with Gasteiger partial charge in [-0.3, -0.25) is 14.3 Å². The number of anilines is 1. The number of nitrogen functional groups attached to an aromatic ring is 1. The second kappa shape index (κ2) is 6.04. The molecule has 1 aromatic heterocycles. The molecule has 0 saturated heterocycles. The smallest absolute Gasteiger partial charge is 0.274 e. The standard InChI is InChI=1S/C11H19N5O2/c1-4-13-9(17)7-15(3)11(18)10-8(12)6-14-16(10)5-2/h6H,4-5,7,12H2,1-3H3,(H,13,17). The van der Waals surface area contributed by atoms with Gasteiger partial charge in [-0.25, -0.2) is 0 Å². The van der Waals surface area contributed by atoms with Crippen molar-refractivity contribution in [2.75, 3.05) is 25.9 Å². The third-order valence-electron chi connectivity index (χ3n) is 2.47. The fraction of sp³-hybridized carbons (Fsp3) is 0.545. The second-order valence-corrected chi connectivity index (χ2v) is 3.88. The van der Waals surface area contributed by atoms with Crippen LogP contribution in [0.3, 0.4) is 0 Å². The first-order valence-corrected chi connectivity index (χ1v) is 5.84. The van der Waals surface area contributed by atoms with E-state index in [1.165, 1.54) is 15.8 Å². The van der Waals surface area contributed by atoms with Gasteiger partial charge in [0.2, 0.25) is 5.91 Å². The summed E-state index contributed by atoms with van der Waals surface area (Å²) in [6.07, 6.45) is 1.44. The van der Waals surface area contributed by atoms with E-state index in [2.05, 4.69) is 10.4 Å². The Morgan fingerprint density at radius 1 is 1.50 bits per heavy atom. The average Bonchev–Trinajstić information content (AvgIpc) is 2.69. The molecule has 0 aromatic carbocycles. The van der Waals surface area contributed by atoms with E-state index < -0.39 is 0 Å². The number of carbonyl (C=O) groups excluding carboxylic acids is 2. The number of hydrogen-bond acceptors (Lipinski definition) is 4. The van der Waals surface area contributed by atoms with Gasteiger partial charge in [-0.1, -0.05) is 0 Å². The fourth-order valence-electron chi connectivity index (χ4n) is 1.59. The number of amides is 2. The third-order valence-corrected chi connectivity index (χ3v) is 2.47. The molecule has 0 aliphatic heterocycles. The molecule has 18 heavy (non-hydrogen) atoms. The molecular formula is C11H19N5O2. The molecule has 7 nitrogen and oxygen atoms in total. The summed E-state index contributed by atoms with van der Waals surface area (Å²) < 4.78 is 1.52. The first kappa shape index (κ1) is 14.0. The Labute approximate surface area is 106 Å². The molecule has 1 aromatic rings. The molecule has 1 heterocycles. The van der Waals surface area contributed by atoms with Crippen LogP contribution >= 0.6 is 0 Å². The molecule has 0 spiro atoms. The van der Waals surface area contributed by atoms with Crippen molar-refractivity contribution in [1.29, 1.82) is 0 Å². The van der Waals surface area contributed by atoms with Gasteiger partial charge in [0, 0.05) is 20.1 Å². The summed E-state index contributed by atoms with van der Waals surface area (Å²) in [5.41, 5.74) is 6.36. The summed E-state index contributed by atoms with van der Waals surface area (Å²) in [7, 11) is 1.56. The minimum atomic E-state index is -0.307. The molecule has 100 valence electrons. The van der Waals surface area contributed by atoms with Gasteiger partial charge in [0.25, 0.3) is 5.91 Å². The SMILES string of the molecule is CCNC(=O)CN(C)C(=O)c1c(N)cnn1CC. The monoisotopic (exact) mass is 253 g/mol. The van der Waals surface area contributed by atoms with Crippen LogP contribution < -0.4 is 11.1 Å². The molecule has 0 unspecified atom stereocenters. The van der Waals surface area contributed by atoms with Crippen LogP contribution in [0, 0.1) is 0 Å². The maximum atomic E-state index is 12.2. The minimum Gasteiger partial charge on any atom is -0.396 e. The number of aromatic nitrogens is 2. The van der Waals surface area contributed by atoms with Gasteiger partial charge in [-0.15, -0.1) is 0 Å². The Hall–Kier alpha value is -2.05. The van der Waals surface area contributed by atoms with Crippen LogP contribution in [0.25, 0.3) is 0 Å². The van der Waals surface area contributed by atoms with E-state index in [-0.39, 0.29) is 18.4 Å². The number of carbonyl (C=O) groups is 2. The number of aryl methyl sites for hydroxylation is 1. The average molecular weight is 253 g/mol. The first-order chi connectivity index (χ1) is 8.51. The Balaban J connectivity index is 2.80. The molecular weight excluding hydrogens is 234 g/mol. The molecule has 0 radical (unpaired) electrons. The van der Waals surface area contributed by atoms with Crippen LogP contribution in [0.5, 0.6) is 0 Å². The normalized spacial score (nSPS) is 10.2. The van der Waals surface area contributed by atoms with Gasteiger partial charge in [-0.2, -0.15) is 5.10 Å². The summed E-state index contributed by atoms with van der Waals surface area (Å²) >= 11 is 0. The van der Waals surface area contributed by atoms with E-state index in [4.69, 9.17) is 5.73 Å². The topological polar surface area (TPSA) is 93.2 Å². The predicted octanol–water partition coefficient (Wildman–Crippen LogP) is -0.307. The summed E-state index contributed by atoms with van der Waals surface area (Å²) in [6.45, 7) is 4.78. The number of nitrogens with two attached hydrogens (primary N) is 1. The summed E-state index contributed by atoms with van der Waals surface area (Å²) in [4.78, 5) is 24.9. The number of likely N-dealkylation sites (N-methyl/N-ethyl adjacent to an activating group) is 2. The molecule has 0 aliphatic carbocycles. The van der Waals surface area contributed by atoms with Crippen molar-refractivity contribution < 1.29 is 9.59 Å². The highest BCUT2D eigenvalue weighted by Gasteiger charge is 2.21. The van der Waals surface area contributed by atoms with Crippen molar-refractivity contribution in [1.82, 2.24) is 20.0 Å². The summed E-state index contributed by atoms with van der Waals surface area (Å²) in [5, 5.41) is 6.63. The van der Waals surface area contributed by atoms with Crippen molar-refractivity contribution in [3.05, 3.63) is 11.9 Å². The molecule has 0 bridgehead atoms. The molecule has 1 rings (SSSR count). The molecule has 7 heteroatoms. The van der Waals surface area contributed by atoms with Crippen LogP contribution in [0.2, 0.25) is 0 Å².